The lowest BCUT2D eigenvalue weighted by Gasteiger charge is -2.22. The van der Waals surface area contributed by atoms with E-state index in [0.29, 0.717) is 0 Å². The van der Waals surface area contributed by atoms with Gasteiger partial charge in [0.05, 0.1) is 0 Å². The summed E-state index contributed by atoms with van der Waals surface area (Å²) in [5.41, 5.74) is -0.521. The summed E-state index contributed by atoms with van der Waals surface area (Å²) in [5, 5.41) is 9.28. The first kappa shape index (κ1) is 11.4. The smallest absolute Gasteiger partial charge is 0.335 e. The van der Waals surface area contributed by atoms with E-state index in [-0.39, 0.29) is 5.92 Å². The fourth-order valence-electron chi connectivity index (χ4n) is 0.634. The molecule has 0 saturated carbocycles. The maximum atomic E-state index is 11.1. The Kier molecular flexibility index (Phi) is 3.71. The molecule has 0 amide bonds. The SMILES string of the molecule is CC(C)C(O)C(=O)OC(C)(C)C. The summed E-state index contributed by atoms with van der Waals surface area (Å²) in [6.45, 7) is 8.87. The molecule has 12 heavy (non-hydrogen) atoms. The van der Waals surface area contributed by atoms with Crippen LogP contribution in [0, 0.1) is 5.92 Å². The van der Waals surface area contributed by atoms with Gasteiger partial charge in [-0.05, 0) is 26.7 Å². The molecule has 72 valence electrons. The van der Waals surface area contributed by atoms with Crippen LogP contribution in [-0.4, -0.2) is 22.8 Å². The number of ether oxygens (including phenoxy) is 1. The average molecular weight is 174 g/mol. The van der Waals surface area contributed by atoms with Crippen molar-refractivity contribution in [1.29, 1.82) is 0 Å². The molecule has 0 aromatic carbocycles. The highest BCUT2D eigenvalue weighted by Gasteiger charge is 2.25. The van der Waals surface area contributed by atoms with Crippen LogP contribution in [-0.2, 0) is 9.53 Å². The van der Waals surface area contributed by atoms with Crippen molar-refractivity contribution >= 4 is 5.97 Å². The zero-order chi connectivity index (χ0) is 9.94. The normalized spacial score (nSPS) is 14.6. The van der Waals surface area contributed by atoms with Gasteiger partial charge in [-0.1, -0.05) is 13.8 Å². The summed E-state index contributed by atoms with van der Waals surface area (Å²) in [5.74, 6) is -0.641. The quantitative estimate of drug-likeness (QED) is 0.643. The van der Waals surface area contributed by atoms with E-state index < -0.39 is 17.7 Å². The molecule has 0 spiro atoms. The Morgan fingerprint density at radius 3 is 2.00 bits per heavy atom. The van der Waals surface area contributed by atoms with Gasteiger partial charge >= 0.3 is 5.97 Å². The number of esters is 1. The van der Waals surface area contributed by atoms with Gasteiger partial charge in [0.15, 0.2) is 6.10 Å². The van der Waals surface area contributed by atoms with Crippen molar-refractivity contribution in [3.8, 4) is 0 Å². The number of carbonyl (C=O) groups is 1. The molecule has 0 heterocycles. The second-order valence-corrected chi connectivity index (χ2v) is 4.22. The Balaban J connectivity index is 4.05. The largest absolute Gasteiger partial charge is 0.458 e. The summed E-state index contributed by atoms with van der Waals surface area (Å²) in [4.78, 5) is 11.1. The number of hydrogen-bond acceptors (Lipinski definition) is 3. The average Bonchev–Trinajstić information content (AvgIpc) is 1.82. The monoisotopic (exact) mass is 174 g/mol. The number of aliphatic hydroxyl groups excluding tert-OH is 1. The highest BCUT2D eigenvalue weighted by atomic mass is 16.6. The molecule has 0 aromatic rings. The predicted octanol–water partition coefficient (Wildman–Crippen LogP) is 1.34. The fraction of sp³-hybridized carbons (Fsp3) is 0.889. The molecule has 0 bridgehead atoms. The molecule has 0 fully saturated rings. The van der Waals surface area contributed by atoms with Crippen LogP contribution >= 0.6 is 0 Å². The Bertz CT molecular complexity index is 156. The van der Waals surface area contributed by atoms with Gasteiger partial charge in [0.1, 0.15) is 5.60 Å². The summed E-state index contributed by atoms with van der Waals surface area (Å²) in [6.07, 6.45) is -1.01. The van der Waals surface area contributed by atoms with Crippen molar-refractivity contribution in [2.75, 3.05) is 0 Å². The van der Waals surface area contributed by atoms with Crippen molar-refractivity contribution in [3.05, 3.63) is 0 Å². The van der Waals surface area contributed by atoms with Gasteiger partial charge in [0.2, 0.25) is 0 Å². The van der Waals surface area contributed by atoms with Gasteiger partial charge in [-0.3, -0.25) is 0 Å². The Hall–Kier alpha value is -0.570. The molecule has 0 rings (SSSR count). The first-order valence-electron chi connectivity index (χ1n) is 4.15. The molecule has 1 N–H and O–H groups in total. The first-order chi connectivity index (χ1) is 5.24. The van der Waals surface area contributed by atoms with Crippen LogP contribution in [0.2, 0.25) is 0 Å². The number of carbonyl (C=O) groups excluding carboxylic acids is 1. The molecule has 0 aliphatic carbocycles. The number of rotatable bonds is 2. The standard InChI is InChI=1S/C9H18O3/c1-6(2)7(10)8(11)12-9(3,4)5/h6-7,10H,1-5H3. The molecule has 0 saturated heterocycles. The summed E-state index contributed by atoms with van der Waals surface area (Å²) >= 11 is 0. The van der Waals surface area contributed by atoms with Crippen LogP contribution < -0.4 is 0 Å². The van der Waals surface area contributed by atoms with E-state index in [4.69, 9.17) is 4.74 Å². The van der Waals surface area contributed by atoms with Crippen molar-refractivity contribution in [1.82, 2.24) is 0 Å². The lowest BCUT2D eigenvalue weighted by molar-refractivity contribution is -0.167. The van der Waals surface area contributed by atoms with Gasteiger partial charge in [0, 0.05) is 0 Å². The molecule has 3 nitrogen and oxygen atoms in total. The molecular formula is C9H18O3. The molecule has 0 aromatic heterocycles. The summed E-state index contributed by atoms with van der Waals surface area (Å²) in [7, 11) is 0. The highest BCUT2D eigenvalue weighted by molar-refractivity contribution is 5.75. The fourth-order valence-corrected chi connectivity index (χ4v) is 0.634. The second kappa shape index (κ2) is 3.90. The Morgan fingerprint density at radius 1 is 1.33 bits per heavy atom. The van der Waals surface area contributed by atoms with E-state index in [2.05, 4.69) is 0 Å². The van der Waals surface area contributed by atoms with Crippen LogP contribution in [0.15, 0.2) is 0 Å². The van der Waals surface area contributed by atoms with Crippen LogP contribution in [0.25, 0.3) is 0 Å². The predicted molar refractivity (Wildman–Crippen MR) is 46.7 cm³/mol. The third-order valence-electron chi connectivity index (χ3n) is 1.28. The second-order valence-electron chi connectivity index (χ2n) is 4.22. The zero-order valence-electron chi connectivity index (χ0n) is 8.42. The maximum Gasteiger partial charge on any atom is 0.335 e. The van der Waals surface area contributed by atoms with Crippen LogP contribution in [0.3, 0.4) is 0 Å². The van der Waals surface area contributed by atoms with Crippen molar-refractivity contribution < 1.29 is 14.6 Å². The summed E-state index contributed by atoms with van der Waals surface area (Å²) < 4.78 is 4.97. The third-order valence-corrected chi connectivity index (χ3v) is 1.28. The molecule has 0 aliphatic heterocycles. The lowest BCUT2D eigenvalue weighted by Crippen LogP contribution is -2.34. The molecule has 0 radical (unpaired) electrons. The van der Waals surface area contributed by atoms with E-state index in [9.17, 15) is 9.90 Å². The number of hydrogen-bond donors (Lipinski definition) is 1. The third kappa shape index (κ3) is 4.34. The van der Waals surface area contributed by atoms with Gasteiger partial charge in [0.25, 0.3) is 0 Å². The van der Waals surface area contributed by atoms with E-state index in [0.717, 1.165) is 0 Å². The lowest BCUT2D eigenvalue weighted by atomic mass is 10.1. The van der Waals surface area contributed by atoms with Gasteiger partial charge in [-0.25, -0.2) is 4.79 Å². The Labute approximate surface area is 73.7 Å². The van der Waals surface area contributed by atoms with Crippen molar-refractivity contribution in [2.24, 2.45) is 5.92 Å². The minimum Gasteiger partial charge on any atom is -0.458 e. The van der Waals surface area contributed by atoms with Gasteiger partial charge in [-0.2, -0.15) is 0 Å². The van der Waals surface area contributed by atoms with E-state index >= 15 is 0 Å². The minimum atomic E-state index is -1.01. The van der Waals surface area contributed by atoms with E-state index in [1.807, 2.05) is 0 Å². The zero-order valence-corrected chi connectivity index (χ0v) is 8.42. The first-order valence-corrected chi connectivity index (χ1v) is 4.15. The van der Waals surface area contributed by atoms with Gasteiger partial charge in [-0.15, -0.1) is 0 Å². The highest BCUT2D eigenvalue weighted by Crippen LogP contribution is 2.11. The van der Waals surface area contributed by atoms with Crippen LogP contribution in [0.4, 0.5) is 0 Å². The van der Waals surface area contributed by atoms with Crippen molar-refractivity contribution in [3.63, 3.8) is 0 Å². The maximum absolute atomic E-state index is 11.1. The molecule has 1 atom stereocenters. The van der Waals surface area contributed by atoms with E-state index in [1.165, 1.54) is 0 Å². The van der Waals surface area contributed by atoms with E-state index in [1.54, 1.807) is 34.6 Å². The number of aliphatic hydroxyl groups is 1. The van der Waals surface area contributed by atoms with Crippen LogP contribution in [0.5, 0.6) is 0 Å². The minimum absolute atomic E-state index is 0.0974. The summed E-state index contributed by atoms with van der Waals surface area (Å²) in [6, 6.07) is 0. The molecular weight excluding hydrogens is 156 g/mol. The van der Waals surface area contributed by atoms with Gasteiger partial charge < -0.3 is 9.84 Å². The van der Waals surface area contributed by atoms with Crippen molar-refractivity contribution in [2.45, 2.75) is 46.3 Å². The Morgan fingerprint density at radius 2 is 1.75 bits per heavy atom. The topological polar surface area (TPSA) is 46.5 Å². The van der Waals surface area contributed by atoms with Crippen LogP contribution in [0.1, 0.15) is 34.6 Å². The molecule has 3 heteroatoms. The molecule has 0 aliphatic rings. The molecule has 1 unspecified atom stereocenters.